The Labute approximate surface area is 105 Å². The number of methoxy groups -OCH3 is 1. The van der Waals surface area contributed by atoms with E-state index in [4.69, 9.17) is 27.2 Å². The van der Waals surface area contributed by atoms with Crippen LogP contribution in [0.4, 0.5) is 0 Å². The van der Waals surface area contributed by atoms with Crippen LogP contribution in [0.2, 0.25) is 5.02 Å². The normalized spacial score (nSPS) is 12.6. The van der Waals surface area contributed by atoms with E-state index in [9.17, 15) is 4.79 Å². The zero-order chi connectivity index (χ0) is 13.2. The minimum Gasteiger partial charge on any atom is -0.496 e. The molecule has 1 atom stereocenters. The summed E-state index contributed by atoms with van der Waals surface area (Å²) in [6.07, 6.45) is 0. The Bertz CT molecular complexity index is 432. The third-order valence-electron chi connectivity index (χ3n) is 2.57. The third-order valence-corrected chi connectivity index (χ3v) is 2.90. The second kappa shape index (κ2) is 5.38. The van der Waals surface area contributed by atoms with E-state index in [1.54, 1.807) is 12.1 Å². The highest BCUT2D eigenvalue weighted by Gasteiger charge is 2.21. The molecule has 1 rings (SSSR count). The van der Waals surface area contributed by atoms with E-state index in [0.717, 1.165) is 5.56 Å². The van der Waals surface area contributed by atoms with Crippen molar-refractivity contribution < 1.29 is 14.6 Å². The number of rotatable bonds is 4. The van der Waals surface area contributed by atoms with E-state index in [1.165, 1.54) is 7.11 Å². The molecule has 0 bridgehead atoms. The summed E-state index contributed by atoms with van der Waals surface area (Å²) in [5.41, 5.74) is 6.86. The lowest BCUT2D eigenvalue weighted by Crippen LogP contribution is -2.21. The minimum atomic E-state index is -1.14. The summed E-state index contributed by atoms with van der Waals surface area (Å²) in [5, 5.41) is 9.41. The first-order valence-corrected chi connectivity index (χ1v) is 5.62. The molecule has 0 heterocycles. The summed E-state index contributed by atoms with van der Waals surface area (Å²) in [4.78, 5) is 10.9. The Balaban J connectivity index is 3.33. The van der Waals surface area contributed by atoms with Crippen LogP contribution < -0.4 is 10.5 Å². The number of aliphatic carboxylic acids is 1. The quantitative estimate of drug-likeness (QED) is 0.870. The first-order valence-electron chi connectivity index (χ1n) is 5.24. The van der Waals surface area contributed by atoms with Crippen molar-refractivity contribution in [1.29, 1.82) is 0 Å². The van der Waals surface area contributed by atoms with Crippen molar-refractivity contribution in [3.63, 3.8) is 0 Å². The lowest BCUT2D eigenvalue weighted by molar-refractivity contribution is -0.138. The Morgan fingerprint density at radius 2 is 2.00 bits per heavy atom. The van der Waals surface area contributed by atoms with Crippen molar-refractivity contribution in [3.05, 3.63) is 28.3 Å². The van der Waals surface area contributed by atoms with Crippen LogP contribution in [0.5, 0.6) is 5.75 Å². The summed E-state index contributed by atoms with van der Waals surface area (Å²) in [6.45, 7) is 3.99. The fourth-order valence-electron chi connectivity index (χ4n) is 1.58. The molecule has 1 aromatic rings. The molecule has 0 aliphatic heterocycles. The van der Waals surface area contributed by atoms with Gasteiger partial charge in [-0.1, -0.05) is 25.4 Å². The van der Waals surface area contributed by atoms with Gasteiger partial charge in [0.25, 0.3) is 0 Å². The van der Waals surface area contributed by atoms with Crippen molar-refractivity contribution in [3.8, 4) is 5.75 Å². The first kappa shape index (κ1) is 13.8. The molecule has 0 aliphatic carbocycles. The van der Waals surface area contributed by atoms with E-state index >= 15 is 0 Å². The molecule has 0 aliphatic rings. The lowest BCUT2D eigenvalue weighted by Gasteiger charge is -2.16. The average molecular weight is 258 g/mol. The fourth-order valence-corrected chi connectivity index (χ4v) is 1.97. The SMILES string of the molecule is COc1cc(C(C)C)c(Cl)cc1C(N)C(=O)O. The fraction of sp³-hybridized carbons (Fsp3) is 0.417. The number of carbonyl (C=O) groups is 1. The molecule has 3 N–H and O–H groups in total. The van der Waals surface area contributed by atoms with E-state index in [0.29, 0.717) is 16.3 Å². The highest BCUT2D eigenvalue weighted by molar-refractivity contribution is 6.31. The molecule has 5 heteroatoms. The van der Waals surface area contributed by atoms with Gasteiger partial charge in [0.05, 0.1) is 7.11 Å². The maximum absolute atomic E-state index is 10.9. The van der Waals surface area contributed by atoms with Crippen molar-refractivity contribution in [2.75, 3.05) is 7.11 Å². The Morgan fingerprint density at radius 1 is 1.41 bits per heavy atom. The number of benzene rings is 1. The van der Waals surface area contributed by atoms with E-state index in [-0.39, 0.29) is 5.92 Å². The summed E-state index contributed by atoms with van der Waals surface area (Å²) in [7, 11) is 1.48. The molecule has 4 nitrogen and oxygen atoms in total. The zero-order valence-corrected chi connectivity index (χ0v) is 10.8. The smallest absolute Gasteiger partial charge is 0.325 e. The third kappa shape index (κ3) is 2.90. The van der Waals surface area contributed by atoms with E-state index in [2.05, 4.69) is 0 Å². The Kier molecular flexibility index (Phi) is 4.37. The topological polar surface area (TPSA) is 72.5 Å². The highest BCUT2D eigenvalue weighted by atomic mass is 35.5. The predicted molar refractivity (Wildman–Crippen MR) is 66.7 cm³/mol. The van der Waals surface area contributed by atoms with E-state index < -0.39 is 12.0 Å². The molecule has 0 aromatic heterocycles. The molecule has 0 amide bonds. The molecular weight excluding hydrogens is 242 g/mol. The summed E-state index contributed by atoms with van der Waals surface area (Å²) < 4.78 is 5.16. The van der Waals surface area contributed by atoms with E-state index in [1.807, 2.05) is 13.8 Å². The van der Waals surface area contributed by atoms with Crippen molar-refractivity contribution in [2.45, 2.75) is 25.8 Å². The molecule has 1 aromatic carbocycles. The molecule has 0 fully saturated rings. The highest BCUT2D eigenvalue weighted by Crippen LogP contribution is 2.34. The molecule has 94 valence electrons. The van der Waals surface area contributed by atoms with Gasteiger partial charge in [-0.2, -0.15) is 0 Å². The van der Waals surface area contributed by atoms with Gasteiger partial charge in [0.1, 0.15) is 11.8 Å². The predicted octanol–water partition coefficient (Wildman–Crippen LogP) is 2.56. The van der Waals surface area contributed by atoms with Crippen molar-refractivity contribution in [2.24, 2.45) is 5.73 Å². The van der Waals surface area contributed by atoms with Crippen LogP contribution in [0, 0.1) is 0 Å². The maximum atomic E-state index is 10.9. The van der Waals surface area contributed by atoms with Gasteiger partial charge >= 0.3 is 5.97 Å². The van der Waals surface area contributed by atoms with Crippen LogP contribution in [0.15, 0.2) is 12.1 Å². The van der Waals surface area contributed by atoms with Crippen LogP contribution in [0.1, 0.15) is 36.9 Å². The Hall–Kier alpha value is -1.26. The monoisotopic (exact) mass is 257 g/mol. The second-order valence-corrected chi connectivity index (χ2v) is 4.49. The molecule has 0 saturated carbocycles. The Morgan fingerprint density at radius 3 is 2.41 bits per heavy atom. The molecule has 17 heavy (non-hydrogen) atoms. The van der Waals surface area contributed by atoms with Gasteiger partial charge in [0.2, 0.25) is 0 Å². The maximum Gasteiger partial charge on any atom is 0.325 e. The van der Waals surface area contributed by atoms with Crippen LogP contribution in [-0.2, 0) is 4.79 Å². The molecule has 1 unspecified atom stereocenters. The number of hydrogen-bond donors (Lipinski definition) is 2. The van der Waals surface area contributed by atoms with Gasteiger partial charge in [-0.3, -0.25) is 4.79 Å². The van der Waals surface area contributed by atoms with Crippen molar-refractivity contribution in [1.82, 2.24) is 0 Å². The van der Waals surface area contributed by atoms with Gasteiger partial charge < -0.3 is 15.6 Å². The van der Waals surface area contributed by atoms with Crippen LogP contribution in [-0.4, -0.2) is 18.2 Å². The zero-order valence-electron chi connectivity index (χ0n) is 10.0. The number of hydrogen-bond acceptors (Lipinski definition) is 3. The second-order valence-electron chi connectivity index (χ2n) is 4.09. The van der Waals surface area contributed by atoms with Gasteiger partial charge in [0.15, 0.2) is 0 Å². The van der Waals surface area contributed by atoms with Crippen LogP contribution in [0.25, 0.3) is 0 Å². The van der Waals surface area contributed by atoms with Gasteiger partial charge in [-0.05, 0) is 23.6 Å². The van der Waals surface area contributed by atoms with Crippen LogP contribution >= 0.6 is 11.6 Å². The summed E-state index contributed by atoms with van der Waals surface area (Å²) in [5.74, 6) is -0.434. The van der Waals surface area contributed by atoms with Crippen molar-refractivity contribution >= 4 is 17.6 Å². The standard InChI is InChI=1S/C12H16ClNO3/c1-6(2)7-5-10(17-3)8(4-9(7)13)11(14)12(15)16/h4-6,11H,14H2,1-3H3,(H,15,16). The molecule has 0 radical (unpaired) electrons. The van der Waals surface area contributed by atoms with Gasteiger partial charge in [0, 0.05) is 10.6 Å². The number of nitrogens with two attached hydrogens (primary N) is 1. The number of carboxylic acids is 1. The summed E-state index contributed by atoms with van der Waals surface area (Å²) >= 11 is 6.10. The first-order chi connectivity index (χ1) is 7.88. The number of ether oxygens (including phenoxy) is 1. The lowest BCUT2D eigenvalue weighted by atomic mass is 9.98. The number of halogens is 1. The van der Waals surface area contributed by atoms with Gasteiger partial charge in [-0.25, -0.2) is 0 Å². The van der Waals surface area contributed by atoms with Crippen LogP contribution in [0.3, 0.4) is 0 Å². The number of carboxylic acid groups (broad SMARTS) is 1. The van der Waals surface area contributed by atoms with Gasteiger partial charge in [-0.15, -0.1) is 0 Å². The summed E-state index contributed by atoms with van der Waals surface area (Å²) in [6, 6.07) is 2.17. The molecule has 0 spiro atoms. The average Bonchev–Trinajstić information content (AvgIpc) is 2.27. The minimum absolute atomic E-state index is 0.228. The molecule has 0 saturated heterocycles. The largest absolute Gasteiger partial charge is 0.496 e. The molecular formula is C12H16ClNO3.